The summed E-state index contributed by atoms with van der Waals surface area (Å²) >= 11 is 0. The molecule has 0 saturated carbocycles. The summed E-state index contributed by atoms with van der Waals surface area (Å²) in [5.74, 6) is -0.925. The minimum absolute atomic E-state index is 0.0221. The average molecular weight is 363 g/mol. The van der Waals surface area contributed by atoms with Gasteiger partial charge in [-0.05, 0) is 36.2 Å². The van der Waals surface area contributed by atoms with Crippen LogP contribution in [0, 0.1) is 5.92 Å². The van der Waals surface area contributed by atoms with Crippen LogP contribution in [0.4, 0.5) is 17.1 Å². The van der Waals surface area contributed by atoms with E-state index >= 15 is 0 Å². The summed E-state index contributed by atoms with van der Waals surface area (Å²) in [6.45, 7) is 2.40. The van der Waals surface area contributed by atoms with E-state index in [0.29, 0.717) is 17.9 Å². The highest BCUT2D eigenvalue weighted by atomic mass is 16.2. The molecule has 0 aromatic heterocycles. The smallest absolute Gasteiger partial charge is 0.244 e. The first-order valence-corrected chi connectivity index (χ1v) is 9.16. The third kappa shape index (κ3) is 3.18. The molecule has 1 saturated heterocycles. The lowest BCUT2D eigenvalue weighted by Gasteiger charge is -2.30. The Morgan fingerprint density at radius 1 is 1.11 bits per heavy atom. The Kier molecular flexibility index (Phi) is 4.39. The van der Waals surface area contributed by atoms with Gasteiger partial charge in [0.25, 0.3) is 0 Å². The lowest BCUT2D eigenvalue weighted by atomic mass is 10.1. The van der Waals surface area contributed by atoms with Crippen molar-refractivity contribution in [3.8, 4) is 0 Å². The number of amides is 3. The zero-order valence-electron chi connectivity index (χ0n) is 15.1. The van der Waals surface area contributed by atoms with E-state index in [1.54, 1.807) is 11.0 Å². The zero-order chi connectivity index (χ0) is 19.0. The van der Waals surface area contributed by atoms with Crippen LogP contribution in [0.2, 0.25) is 0 Å². The predicted molar refractivity (Wildman–Crippen MR) is 104 cm³/mol. The third-order valence-electron chi connectivity index (χ3n) is 5.17. The van der Waals surface area contributed by atoms with Crippen molar-refractivity contribution in [1.29, 1.82) is 0 Å². The standard InChI is InChI=1S/C21H21N3O3/c1-2-14-7-9-16(10-8-14)23-12-15(11-20(23)26)21(27)24-13-19(25)22-17-5-3-4-6-18(17)24/h3-10,15H,2,11-13H2,1H3,(H,22,25). The van der Waals surface area contributed by atoms with Crippen LogP contribution >= 0.6 is 0 Å². The molecule has 138 valence electrons. The fourth-order valence-corrected chi connectivity index (χ4v) is 3.68. The van der Waals surface area contributed by atoms with E-state index in [9.17, 15) is 14.4 Å². The molecule has 0 spiro atoms. The Bertz CT molecular complexity index is 907. The van der Waals surface area contributed by atoms with Gasteiger partial charge in [-0.15, -0.1) is 0 Å². The molecule has 2 aliphatic rings. The molecule has 6 heteroatoms. The Balaban J connectivity index is 1.55. The number of hydrogen-bond donors (Lipinski definition) is 1. The summed E-state index contributed by atoms with van der Waals surface area (Å²) < 4.78 is 0. The molecule has 2 aromatic rings. The molecule has 3 amide bonds. The van der Waals surface area contributed by atoms with Gasteiger partial charge in [-0.2, -0.15) is 0 Å². The second-order valence-electron chi connectivity index (χ2n) is 6.92. The number of nitrogens with one attached hydrogen (secondary N) is 1. The van der Waals surface area contributed by atoms with E-state index < -0.39 is 5.92 Å². The van der Waals surface area contributed by atoms with Crippen LogP contribution in [0.25, 0.3) is 0 Å². The molecular formula is C21H21N3O3. The topological polar surface area (TPSA) is 69.7 Å². The van der Waals surface area contributed by atoms with Gasteiger partial charge in [-0.25, -0.2) is 0 Å². The van der Waals surface area contributed by atoms with Crippen molar-refractivity contribution >= 4 is 34.8 Å². The summed E-state index contributed by atoms with van der Waals surface area (Å²) in [5, 5.41) is 2.78. The van der Waals surface area contributed by atoms with Gasteiger partial charge in [0.05, 0.1) is 17.3 Å². The first-order valence-electron chi connectivity index (χ1n) is 9.16. The van der Waals surface area contributed by atoms with Gasteiger partial charge in [-0.1, -0.05) is 31.2 Å². The highest BCUT2D eigenvalue weighted by Crippen LogP contribution is 2.33. The lowest BCUT2D eigenvalue weighted by molar-refractivity contribution is -0.125. The Morgan fingerprint density at radius 2 is 1.85 bits per heavy atom. The van der Waals surface area contributed by atoms with Crippen molar-refractivity contribution in [2.75, 3.05) is 28.2 Å². The zero-order valence-corrected chi connectivity index (χ0v) is 15.1. The average Bonchev–Trinajstić information content (AvgIpc) is 3.08. The van der Waals surface area contributed by atoms with Crippen LogP contribution in [-0.4, -0.2) is 30.8 Å². The van der Waals surface area contributed by atoms with Gasteiger partial charge in [0.2, 0.25) is 17.7 Å². The molecule has 0 aliphatic carbocycles. The number of para-hydroxylation sites is 2. The van der Waals surface area contributed by atoms with Crippen molar-refractivity contribution < 1.29 is 14.4 Å². The highest BCUT2D eigenvalue weighted by molar-refractivity contribution is 6.12. The predicted octanol–water partition coefficient (Wildman–Crippen LogP) is 2.59. The van der Waals surface area contributed by atoms with Crippen molar-refractivity contribution in [2.45, 2.75) is 19.8 Å². The number of rotatable bonds is 3. The fourth-order valence-electron chi connectivity index (χ4n) is 3.68. The SMILES string of the molecule is CCc1ccc(N2CC(C(=O)N3CC(=O)Nc4ccccc43)CC2=O)cc1. The minimum Gasteiger partial charge on any atom is -0.323 e. The normalized spacial score (nSPS) is 19.1. The number of aryl methyl sites for hydroxylation is 1. The van der Waals surface area contributed by atoms with Crippen molar-refractivity contribution in [3.63, 3.8) is 0 Å². The van der Waals surface area contributed by atoms with Gasteiger partial charge in [0.15, 0.2) is 0 Å². The van der Waals surface area contributed by atoms with Crippen LogP contribution in [-0.2, 0) is 20.8 Å². The number of benzene rings is 2. The molecule has 1 atom stereocenters. The summed E-state index contributed by atoms with van der Waals surface area (Å²) in [7, 11) is 0. The van der Waals surface area contributed by atoms with Crippen LogP contribution in [0.5, 0.6) is 0 Å². The van der Waals surface area contributed by atoms with E-state index in [1.807, 2.05) is 42.5 Å². The number of fused-ring (bicyclic) bond motifs is 1. The van der Waals surface area contributed by atoms with Crippen molar-refractivity contribution in [1.82, 2.24) is 0 Å². The first-order chi connectivity index (χ1) is 13.1. The molecule has 2 heterocycles. The first kappa shape index (κ1) is 17.3. The molecule has 0 radical (unpaired) electrons. The van der Waals surface area contributed by atoms with Crippen LogP contribution in [0.3, 0.4) is 0 Å². The molecule has 6 nitrogen and oxygen atoms in total. The molecular weight excluding hydrogens is 342 g/mol. The number of carbonyl (C=O) groups excluding carboxylic acids is 3. The summed E-state index contributed by atoms with van der Waals surface area (Å²) in [4.78, 5) is 40.8. The number of nitrogens with zero attached hydrogens (tertiary/aromatic N) is 2. The molecule has 27 heavy (non-hydrogen) atoms. The van der Waals surface area contributed by atoms with E-state index in [1.165, 1.54) is 10.5 Å². The number of carbonyl (C=O) groups is 3. The molecule has 1 N–H and O–H groups in total. The Morgan fingerprint density at radius 3 is 2.59 bits per heavy atom. The van der Waals surface area contributed by atoms with Gasteiger partial charge >= 0.3 is 0 Å². The summed E-state index contributed by atoms with van der Waals surface area (Å²) in [5.41, 5.74) is 3.32. The Labute approximate surface area is 157 Å². The van der Waals surface area contributed by atoms with E-state index in [0.717, 1.165) is 12.1 Å². The Hall–Kier alpha value is -3.15. The summed E-state index contributed by atoms with van der Waals surface area (Å²) in [6, 6.07) is 15.1. The van der Waals surface area contributed by atoms with Gasteiger partial charge in [-0.3, -0.25) is 14.4 Å². The highest BCUT2D eigenvalue weighted by Gasteiger charge is 2.39. The van der Waals surface area contributed by atoms with E-state index in [2.05, 4.69) is 12.2 Å². The third-order valence-corrected chi connectivity index (χ3v) is 5.17. The molecule has 2 aromatic carbocycles. The molecule has 1 unspecified atom stereocenters. The van der Waals surface area contributed by atoms with Crippen LogP contribution in [0.15, 0.2) is 48.5 Å². The van der Waals surface area contributed by atoms with E-state index in [4.69, 9.17) is 0 Å². The van der Waals surface area contributed by atoms with Gasteiger partial charge < -0.3 is 15.1 Å². The maximum absolute atomic E-state index is 13.1. The number of anilines is 3. The molecule has 4 rings (SSSR count). The van der Waals surface area contributed by atoms with Crippen molar-refractivity contribution in [2.24, 2.45) is 5.92 Å². The fraction of sp³-hybridized carbons (Fsp3) is 0.286. The van der Waals surface area contributed by atoms with E-state index in [-0.39, 0.29) is 30.7 Å². The lowest BCUT2D eigenvalue weighted by Crippen LogP contribution is -2.45. The maximum atomic E-state index is 13.1. The molecule has 1 fully saturated rings. The number of hydrogen-bond acceptors (Lipinski definition) is 3. The minimum atomic E-state index is -0.456. The van der Waals surface area contributed by atoms with Crippen molar-refractivity contribution in [3.05, 3.63) is 54.1 Å². The maximum Gasteiger partial charge on any atom is 0.244 e. The summed E-state index contributed by atoms with van der Waals surface area (Å²) in [6.07, 6.45) is 1.10. The molecule has 0 bridgehead atoms. The molecule has 2 aliphatic heterocycles. The van der Waals surface area contributed by atoms with Gasteiger partial charge in [0.1, 0.15) is 6.54 Å². The van der Waals surface area contributed by atoms with Crippen LogP contribution in [0.1, 0.15) is 18.9 Å². The van der Waals surface area contributed by atoms with Gasteiger partial charge in [0, 0.05) is 18.7 Å². The quantitative estimate of drug-likeness (QED) is 0.911. The van der Waals surface area contributed by atoms with Crippen LogP contribution < -0.4 is 15.1 Å². The largest absolute Gasteiger partial charge is 0.323 e. The second-order valence-corrected chi connectivity index (χ2v) is 6.92. The second kappa shape index (κ2) is 6.87. The monoisotopic (exact) mass is 363 g/mol.